The lowest BCUT2D eigenvalue weighted by atomic mass is 10.1. The first-order valence-corrected chi connectivity index (χ1v) is 6.24. The lowest BCUT2D eigenvalue weighted by Crippen LogP contribution is -2.14. The summed E-state index contributed by atoms with van der Waals surface area (Å²) in [7, 11) is 0. The summed E-state index contributed by atoms with van der Waals surface area (Å²) in [6.45, 7) is 0. The van der Waals surface area contributed by atoms with E-state index in [1.54, 1.807) is 12.3 Å². The van der Waals surface area contributed by atoms with Crippen LogP contribution in [0.5, 0.6) is 0 Å². The molecule has 5 nitrogen and oxygen atoms in total. The van der Waals surface area contributed by atoms with Gasteiger partial charge in [-0.25, -0.2) is 4.98 Å². The van der Waals surface area contributed by atoms with Crippen LogP contribution >= 0.6 is 11.6 Å². The molecule has 1 aromatic carbocycles. The van der Waals surface area contributed by atoms with Gasteiger partial charge in [-0.15, -0.1) is 0 Å². The van der Waals surface area contributed by atoms with Crippen molar-refractivity contribution in [2.24, 2.45) is 0 Å². The molecular formula is C14H9ClN4O. The molecule has 6 heteroatoms. The monoisotopic (exact) mass is 284 g/mol. The summed E-state index contributed by atoms with van der Waals surface area (Å²) in [6.07, 6.45) is 4.48. The number of anilines is 1. The molecule has 0 radical (unpaired) electrons. The van der Waals surface area contributed by atoms with E-state index in [1.165, 1.54) is 12.4 Å². The van der Waals surface area contributed by atoms with Crippen LogP contribution < -0.4 is 5.32 Å². The van der Waals surface area contributed by atoms with Crippen molar-refractivity contribution in [3.8, 4) is 0 Å². The van der Waals surface area contributed by atoms with E-state index in [-0.39, 0.29) is 11.1 Å². The topological polar surface area (TPSA) is 67.8 Å². The molecule has 0 spiro atoms. The second-order valence-electron chi connectivity index (χ2n) is 4.06. The first-order valence-electron chi connectivity index (χ1n) is 5.87. The van der Waals surface area contributed by atoms with Crippen LogP contribution in [-0.4, -0.2) is 20.9 Å². The van der Waals surface area contributed by atoms with Crippen LogP contribution in [0.2, 0.25) is 5.15 Å². The van der Waals surface area contributed by atoms with Gasteiger partial charge in [0.1, 0.15) is 5.15 Å². The van der Waals surface area contributed by atoms with Gasteiger partial charge in [0.05, 0.1) is 23.5 Å². The van der Waals surface area contributed by atoms with E-state index < -0.39 is 0 Å². The van der Waals surface area contributed by atoms with Gasteiger partial charge in [0.15, 0.2) is 5.82 Å². The van der Waals surface area contributed by atoms with Crippen LogP contribution in [0.25, 0.3) is 10.9 Å². The molecule has 1 N–H and O–H groups in total. The van der Waals surface area contributed by atoms with Crippen LogP contribution in [0.3, 0.4) is 0 Å². The maximum absolute atomic E-state index is 12.3. The van der Waals surface area contributed by atoms with Gasteiger partial charge < -0.3 is 5.32 Å². The predicted octanol–water partition coefficient (Wildman–Crippen LogP) is 2.93. The highest BCUT2D eigenvalue weighted by Gasteiger charge is 2.11. The highest BCUT2D eigenvalue weighted by Crippen LogP contribution is 2.17. The molecule has 2 aromatic heterocycles. The summed E-state index contributed by atoms with van der Waals surface area (Å²) in [5.74, 6) is 0.00120. The van der Waals surface area contributed by atoms with Crippen molar-refractivity contribution in [2.45, 2.75) is 0 Å². The molecule has 0 aliphatic carbocycles. The summed E-state index contributed by atoms with van der Waals surface area (Å²) in [5.41, 5.74) is 1.12. The Morgan fingerprint density at radius 3 is 2.85 bits per heavy atom. The van der Waals surface area contributed by atoms with E-state index in [9.17, 15) is 4.79 Å². The Morgan fingerprint density at radius 1 is 1.15 bits per heavy atom. The van der Waals surface area contributed by atoms with E-state index in [4.69, 9.17) is 11.6 Å². The minimum Gasteiger partial charge on any atom is -0.305 e. The second kappa shape index (κ2) is 5.22. The first kappa shape index (κ1) is 12.5. The summed E-state index contributed by atoms with van der Waals surface area (Å²) in [6, 6.07) is 9.15. The van der Waals surface area contributed by atoms with Crippen molar-refractivity contribution in [1.82, 2.24) is 15.0 Å². The second-order valence-corrected chi connectivity index (χ2v) is 4.45. The van der Waals surface area contributed by atoms with Crippen molar-refractivity contribution in [3.05, 3.63) is 59.6 Å². The van der Waals surface area contributed by atoms with Gasteiger partial charge in [0.25, 0.3) is 5.91 Å². The number of hydrogen-bond donors (Lipinski definition) is 1. The van der Waals surface area contributed by atoms with E-state index >= 15 is 0 Å². The lowest BCUT2D eigenvalue weighted by molar-refractivity contribution is 0.102. The molecule has 0 aliphatic heterocycles. The highest BCUT2D eigenvalue weighted by atomic mass is 35.5. The largest absolute Gasteiger partial charge is 0.305 e. The van der Waals surface area contributed by atoms with E-state index in [1.807, 2.05) is 24.3 Å². The average molecular weight is 285 g/mol. The van der Waals surface area contributed by atoms with Crippen molar-refractivity contribution >= 4 is 34.2 Å². The van der Waals surface area contributed by atoms with E-state index in [2.05, 4.69) is 20.3 Å². The van der Waals surface area contributed by atoms with Crippen molar-refractivity contribution < 1.29 is 4.79 Å². The number of halogens is 1. The molecule has 0 fully saturated rings. The number of fused-ring (bicyclic) bond motifs is 1. The van der Waals surface area contributed by atoms with E-state index in [0.717, 1.165) is 5.39 Å². The molecular weight excluding hydrogens is 276 g/mol. The van der Waals surface area contributed by atoms with Crippen LogP contribution in [0, 0.1) is 0 Å². The number of amides is 1. The maximum Gasteiger partial charge on any atom is 0.259 e. The van der Waals surface area contributed by atoms with Crippen LogP contribution in [0.4, 0.5) is 5.82 Å². The van der Waals surface area contributed by atoms with E-state index in [0.29, 0.717) is 16.9 Å². The number of aromatic nitrogens is 3. The van der Waals surface area contributed by atoms with Crippen LogP contribution in [-0.2, 0) is 0 Å². The fourth-order valence-electron chi connectivity index (χ4n) is 1.87. The molecule has 0 bridgehead atoms. The first-order chi connectivity index (χ1) is 9.74. The SMILES string of the molecule is O=C(Nc1cncc(Cl)n1)c1cccc2cccnc12. The van der Waals surface area contributed by atoms with Crippen molar-refractivity contribution in [2.75, 3.05) is 5.32 Å². The smallest absolute Gasteiger partial charge is 0.259 e. The zero-order valence-corrected chi connectivity index (χ0v) is 11.0. The number of nitrogens with zero attached hydrogens (tertiary/aromatic N) is 3. The quantitative estimate of drug-likeness (QED) is 0.785. The molecule has 0 atom stereocenters. The van der Waals surface area contributed by atoms with Crippen LogP contribution in [0.1, 0.15) is 10.4 Å². The molecule has 0 saturated heterocycles. The summed E-state index contributed by atoms with van der Waals surface area (Å²) < 4.78 is 0. The normalized spacial score (nSPS) is 10.4. The lowest BCUT2D eigenvalue weighted by Gasteiger charge is -2.06. The third-order valence-electron chi connectivity index (χ3n) is 2.72. The van der Waals surface area contributed by atoms with Gasteiger partial charge in [-0.2, -0.15) is 0 Å². The van der Waals surface area contributed by atoms with Gasteiger partial charge in [0, 0.05) is 11.6 Å². The number of hydrogen-bond acceptors (Lipinski definition) is 4. The average Bonchev–Trinajstić information content (AvgIpc) is 2.46. The molecule has 2 heterocycles. The summed E-state index contributed by atoms with van der Waals surface area (Å²) in [4.78, 5) is 24.4. The Labute approximate surface area is 119 Å². The zero-order chi connectivity index (χ0) is 13.9. The molecule has 20 heavy (non-hydrogen) atoms. The number of pyridine rings is 1. The summed E-state index contributed by atoms with van der Waals surface area (Å²) in [5, 5.41) is 3.78. The van der Waals surface area contributed by atoms with Crippen LogP contribution in [0.15, 0.2) is 48.9 Å². The Hall–Kier alpha value is -2.53. The number of rotatable bonds is 2. The van der Waals surface area contributed by atoms with Gasteiger partial charge in [-0.3, -0.25) is 14.8 Å². The maximum atomic E-state index is 12.3. The number of carbonyl (C=O) groups excluding carboxylic acids is 1. The van der Waals surface area contributed by atoms with Gasteiger partial charge in [-0.1, -0.05) is 29.8 Å². The van der Waals surface area contributed by atoms with Gasteiger partial charge in [0.2, 0.25) is 0 Å². The predicted molar refractivity (Wildman–Crippen MR) is 76.7 cm³/mol. The highest BCUT2D eigenvalue weighted by molar-refractivity contribution is 6.29. The number of carbonyl (C=O) groups is 1. The summed E-state index contributed by atoms with van der Waals surface area (Å²) >= 11 is 5.73. The molecule has 3 rings (SSSR count). The number of nitrogens with one attached hydrogen (secondary N) is 1. The standard InChI is InChI=1S/C14H9ClN4O/c15-11-7-16-8-12(18-11)19-14(20)10-5-1-3-9-4-2-6-17-13(9)10/h1-8H,(H,18,19,20). The fourth-order valence-corrected chi connectivity index (χ4v) is 2.02. The molecule has 0 saturated carbocycles. The third-order valence-corrected chi connectivity index (χ3v) is 2.91. The van der Waals surface area contributed by atoms with Gasteiger partial charge in [-0.05, 0) is 12.1 Å². The third kappa shape index (κ3) is 2.44. The fraction of sp³-hybridized carbons (Fsp3) is 0. The molecule has 0 unspecified atom stereocenters. The van der Waals surface area contributed by atoms with Crippen molar-refractivity contribution in [3.63, 3.8) is 0 Å². The Bertz CT molecular complexity index is 785. The number of benzene rings is 1. The Morgan fingerprint density at radius 2 is 2.00 bits per heavy atom. The molecule has 0 aliphatic rings. The van der Waals surface area contributed by atoms with Gasteiger partial charge >= 0.3 is 0 Å². The number of para-hydroxylation sites is 1. The molecule has 1 amide bonds. The van der Waals surface area contributed by atoms with Crippen molar-refractivity contribution in [1.29, 1.82) is 0 Å². The Kier molecular flexibility index (Phi) is 3.26. The molecule has 98 valence electrons. The zero-order valence-electron chi connectivity index (χ0n) is 10.2. The minimum absolute atomic E-state index is 0.221. The Balaban J connectivity index is 1.97. The molecule has 3 aromatic rings. The minimum atomic E-state index is -0.300.